The number of nitrogens with zero attached hydrogens (tertiary/aromatic N) is 3. The molecule has 4 nitrogen and oxygen atoms in total. The maximum Gasteiger partial charge on any atom is 0.219 e. The monoisotopic (exact) mass is 359 g/mol. The van der Waals surface area contributed by atoms with Crippen LogP contribution in [-0.2, 0) is 16.8 Å². The lowest BCUT2D eigenvalue weighted by molar-refractivity contribution is -0.130. The molecule has 0 spiro atoms. The highest BCUT2D eigenvalue weighted by Crippen LogP contribution is 2.60. The summed E-state index contributed by atoms with van der Waals surface area (Å²) in [5.74, 6) is 3.15. The molecule has 25 heavy (non-hydrogen) atoms. The van der Waals surface area contributed by atoms with Crippen molar-refractivity contribution < 1.29 is 4.79 Å². The SMILES string of the molecule is CC(=O)N1CCN(Cc2nc(C34CC5CC(CC(C5)C3)C4)cs2)CC1. The summed E-state index contributed by atoms with van der Waals surface area (Å²) >= 11 is 1.87. The fourth-order valence-electron chi connectivity index (χ4n) is 6.46. The molecule has 1 aliphatic heterocycles. The van der Waals surface area contributed by atoms with Gasteiger partial charge in [-0.15, -0.1) is 11.3 Å². The number of amides is 1. The van der Waals surface area contributed by atoms with Crippen molar-refractivity contribution in [3.05, 3.63) is 16.1 Å². The number of carbonyl (C=O) groups is 1. The van der Waals surface area contributed by atoms with E-state index in [1.165, 1.54) is 49.2 Å². The summed E-state index contributed by atoms with van der Waals surface area (Å²) in [6.07, 6.45) is 8.70. The first-order valence-electron chi connectivity index (χ1n) is 10.0. The van der Waals surface area contributed by atoms with E-state index in [2.05, 4.69) is 10.3 Å². The lowest BCUT2D eigenvalue weighted by Crippen LogP contribution is -2.48. The largest absolute Gasteiger partial charge is 0.340 e. The Labute approximate surface area is 154 Å². The molecule has 4 bridgehead atoms. The minimum absolute atomic E-state index is 0.206. The average molecular weight is 360 g/mol. The molecule has 0 N–H and O–H groups in total. The van der Waals surface area contributed by atoms with Gasteiger partial charge in [0.05, 0.1) is 12.2 Å². The van der Waals surface area contributed by atoms with Gasteiger partial charge >= 0.3 is 0 Å². The van der Waals surface area contributed by atoms with Crippen LogP contribution in [0.15, 0.2) is 5.38 Å². The minimum atomic E-state index is 0.206. The van der Waals surface area contributed by atoms with Crippen molar-refractivity contribution in [2.45, 2.75) is 57.4 Å². The van der Waals surface area contributed by atoms with Crippen molar-refractivity contribution >= 4 is 17.2 Å². The number of aromatic nitrogens is 1. The van der Waals surface area contributed by atoms with E-state index in [1.54, 1.807) is 6.92 Å². The van der Waals surface area contributed by atoms with E-state index >= 15 is 0 Å². The smallest absolute Gasteiger partial charge is 0.219 e. The molecule has 1 aromatic heterocycles. The van der Waals surface area contributed by atoms with Crippen LogP contribution in [0.4, 0.5) is 0 Å². The number of carbonyl (C=O) groups excluding carboxylic acids is 1. The average Bonchev–Trinajstić information content (AvgIpc) is 3.03. The van der Waals surface area contributed by atoms with Crippen molar-refractivity contribution in [3.63, 3.8) is 0 Å². The molecule has 0 radical (unpaired) electrons. The van der Waals surface area contributed by atoms with Crippen LogP contribution >= 0.6 is 11.3 Å². The molecule has 136 valence electrons. The number of rotatable bonds is 3. The zero-order valence-corrected chi connectivity index (χ0v) is 16.1. The maximum atomic E-state index is 11.5. The fraction of sp³-hybridized carbons (Fsp3) is 0.800. The molecule has 6 rings (SSSR count). The van der Waals surface area contributed by atoms with Gasteiger partial charge in [0.2, 0.25) is 5.91 Å². The predicted octanol–water partition coefficient (Wildman–Crippen LogP) is 3.28. The Morgan fingerprint density at radius 2 is 1.72 bits per heavy atom. The molecule has 0 unspecified atom stereocenters. The quantitative estimate of drug-likeness (QED) is 0.831. The lowest BCUT2D eigenvalue weighted by atomic mass is 9.49. The van der Waals surface area contributed by atoms with E-state index in [9.17, 15) is 4.79 Å². The van der Waals surface area contributed by atoms with Gasteiger partial charge in [-0.3, -0.25) is 9.69 Å². The molecule has 4 aliphatic carbocycles. The van der Waals surface area contributed by atoms with Crippen molar-refractivity contribution in [1.82, 2.24) is 14.8 Å². The van der Waals surface area contributed by atoms with Crippen LogP contribution in [0.2, 0.25) is 0 Å². The van der Waals surface area contributed by atoms with Crippen LogP contribution in [0.5, 0.6) is 0 Å². The molecule has 2 heterocycles. The Morgan fingerprint density at radius 1 is 1.12 bits per heavy atom. The fourth-order valence-corrected chi connectivity index (χ4v) is 7.42. The highest BCUT2D eigenvalue weighted by molar-refractivity contribution is 7.09. The van der Waals surface area contributed by atoms with E-state index in [0.29, 0.717) is 5.41 Å². The normalized spacial score (nSPS) is 37.6. The van der Waals surface area contributed by atoms with Gasteiger partial charge in [-0.25, -0.2) is 4.98 Å². The maximum absolute atomic E-state index is 11.5. The van der Waals surface area contributed by atoms with E-state index < -0.39 is 0 Å². The molecule has 0 aromatic carbocycles. The zero-order chi connectivity index (χ0) is 17.0. The molecule has 5 aliphatic rings. The topological polar surface area (TPSA) is 36.4 Å². The summed E-state index contributed by atoms with van der Waals surface area (Å²) in [6.45, 7) is 6.32. The Kier molecular flexibility index (Phi) is 3.93. The third-order valence-corrected chi connectivity index (χ3v) is 8.14. The van der Waals surface area contributed by atoms with E-state index in [1.807, 2.05) is 16.2 Å². The van der Waals surface area contributed by atoms with Gasteiger partial charge in [-0.05, 0) is 56.3 Å². The molecule has 4 saturated carbocycles. The van der Waals surface area contributed by atoms with Crippen LogP contribution < -0.4 is 0 Å². The Bertz CT molecular complexity index is 626. The van der Waals surface area contributed by atoms with Gasteiger partial charge < -0.3 is 4.90 Å². The number of thiazole rings is 1. The second-order valence-electron chi connectivity index (χ2n) is 9.11. The summed E-state index contributed by atoms with van der Waals surface area (Å²) in [7, 11) is 0. The molecule has 1 saturated heterocycles. The standard InChI is InChI=1S/C20H29N3OS/c1-14(24)23-4-2-22(3-5-23)12-19-21-18(13-25-19)20-9-15-6-16(10-20)8-17(7-15)11-20/h13,15-17H,2-12H2,1H3. The van der Waals surface area contributed by atoms with Crippen LogP contribution in [0.3, 0.4) is 0 Å². The van der Waals surface area contributed by atoms with Crippen LogP contribution in [0, 0.1) is 17.8 Å². The highest BCUT2D eigenvalue weighted by Gasteiger charge is 2.52. The molecule has 1 amide bonds. The van der Waals surface area contributed by atoms with E-state index in [4.69, 9.17) is 4.98 Å². The van der Waals surface area contributed by atoms with Gasteiger partial charge in [0.1, 0.15) is 5.01 Å². The lowest BCUT2D eigenvalue weighted by Gasteiger charge is -2.56. The third-order valence-electron chi connectivity index (χ3n) is 7.31. The third kappa shape index (κ3) is 2.93. The highest BCUT2D eigenvalue weighted by atomic mass is 32.1. The molecule has 0 atom stereocenters. The van der Waals surface area contributed by atoms with Gasteiger partial charge in [0.15, 0.2) is 0 Å². The molecule has 1 aromatic rings. The Balaban J connectivity index is 1.26. The van der Waals surface area contributed by atoms with Crippen molar-refractivity contribution in [2.75, 3.05) is 26.2 Å². The second-order valence-corrected chi connectivity index (χ2v) is 10.0. The summed E-state index contributed by atoms with van der Waals surface area (Å²) < 4.78 is 0. The van der Waals surface area contributed by atoms with Crippen LogP contribution in [0.1, 0.15) is 56.2 Å². The van der Waals surface area contributed by atoms with E-state index in [-0.39, 0.29) is 5.91 Å². The summed E-state index contributed by atoms with van der Waals surface area (Å²) in [5, 5.41) is 3.66. The van der Waals surface area contributed by atoms with Gasteiger partial charge in [0, 0.05) is 43.9 Å². The van der Waals surface area contributed by atoms with E-state index in [0.717, 1.165) is 50.5 Å². The molecule has 5 heteroatoms. The van der Waals surface area contributed by atoms with Gasteiger partial charge in [0.25, 0.3) is 0 Å². The van der Waals surface area contributed by atoms with Crippen molar-refractivity contribution in [2.24, 2.45) is 17.8 Å². The molecule has 5 fully saturated rings. The number of hydrogen-bond acceptors (Lipinski definition) is 4. The number of hydrogen-bond donors (Lipinski definition) is 0. The first-order chi connectivity index (χ1) is 12.1. The number of piperazine rings is 1. The van der Waals surface area contributed by atoms with Crippen LogP contribution in [-0.4, -0.2) is 46.9 Å². The minimum Gasteiger partial charge on any atom is -0.340 e. The zero-order valence-electron chi connectivity index (χ0n) is 15.2. The summed E-state index contributed by atoms with van der Waals surface area (Å²) in [5.41, 5.74) is 1.85. The first-order valence-corrected chi connectivity index (χ1v) is 10.9. The Morgan fingerprint density at radius 3 is 2.28 bits per heavy atom. The summed E-state index contributed by atoms with van der Waals surface area (Å²) in [6, 6.07) is 0. The molecular weight excluding hydrogens is 330 g/mol. The Hall–Kier alpha value is -0.940. The van der Waals surface area contributed by atoms with Gasteiger partial charge in [-0.1, -0.05) is 0 Å². The van der Waals surface area contributed by atoms with Gasteiger partial charge in [-0.2, -0.15) is 0 Å². The van der Waals surface area contributed by atoms with Crippen molar-refractivity contribution in [3.8, 4) is 0 Å². The predicted molar refractivity (Wildman–Crippen MR) is 99.5 cm³/mol. The summed E-state index contributed by atoms with van der Waals surface area (Å²) in [4.78, 5) is 21.0. The van der Waals surface area contributed by atoms with Crippen molar-refractivity contribution in [1.29, 1.82) is 0 Å². The molecular formula is C20H29N3OS. The first kappa shape index (κ1) is 16.2. The second kappa shape index (κ2) is 6.05. The van der Waals surface area contributed by atoms with Crippen LogP contribution in [0.25, 0.3) is 0 Å².